The third-order valence-corrected chi connectivity index (χ3v) is 6.26. The standard InChI is InChI=1S/C19H28N2O4S/c1-3-4-14-25-16(2)19(22)20-17-10-9-11-18(15-17)26(23,24)21-12-7-5-6-8-13-21/h3,9-11,15-16H,1,4-8,12-14H2,2H3,(H,20,22). The molecule has 26 heavy (non-hydrogen) atoms. The van der Waals surface area contributed by atoms with Gasteiger partial charge in [0.05, 0.1) is 11.5 Å². The van der Waals surface area contributed by atoms with Crippen molar-refractivity contribution in [2.24, 2.45) is 0 Å². The van der Waals surface area contributed by atoms with E-state index < -0.39 is 16.1 Å². The van der Waals surface area contributed by atoms with Gasteiger partial charge in [-0.2, -0.15) is 4.31 Å². The van der Waals surface area contributed by atoms with Crippen molar-refractivity contribution in [3.8, 4) is 0 Å². The molecule has 1 aliphatic heterocycles. The van der Waals surface area contributed by atoms with Crippen molar-refractivity contribution in [1.29, 1.82) is 0 Å². The van der Waals surface area contributed by atoms with Crippen molar-refractivity contribution in [1.82, 2.24) is 4.31 Å². The van der Waals surface area contributed by atoms with Crippen molar-refractivity contribution in [3.63, 3.8) is 0 Å². The average molecular weight is 381 g/mol. The molecule has 2 rings (SSSR count). The first-order chi connectivity index (χ1) is 12.4. The predicted octanol–water partition coefficient (Wildman–Crippen LogP) is 3.17. The van der Waals surface area contributed by atoms with E-state index >= 15 is 0 Å². The van der Waals surface area contributed by atoms with Gasteiger partial charge < -0.3 is 10.1 Å². The summed E-state index contributed by atoms with van der Waals surface area (Å²) in [6, 6.07) is 6.40. The van der Waals surface area contributed by atoms with Crippen molar-refractivity contribution in [3.05, 3.63) is 36.9 Å². The Kier molecular flexibility index (Phi) is 7.81. The lowest BCUT2D eigenvalue weighted by Gasteiger charge is -2.20. The SMILES string of the molecule is C=CCCOC(C)C(=O)Nc1cccc(S(=O)(=O)N2CCCCCC2)c1. The highest BCUT2D eigenvalue weighted by atomic mass is 32.2. The van der Waals surface area contributed by atoms with Gasteiger partial charge >= 0.3 is 0 Å². The smallest absolute Gasteiger partial charge is 0.253 e. The van der Waals surface area contributed by atoms with Crippen LogP contribution in [0.2, 0.25) is 0 Å². The second-order valence-electron chi connectivity index (χ2n) is 6.43. The zero-order chi connectivity index (χ0) is 19.0. The molecular weight excluding hydrogens is 352 g/mol. The second-order valence-corrected chi connectivity index (χ2v) is 8.36. The number of amides is 1. The van der Waals surface area contributed by atoms with Crippen LogP contribution in [-0.2, 0) is 19.6 Å². The van der Waals surface area contributed by atoms with Crippen molar-refractivity contribution < 1.29 is 17.9 Å². The number of carbonyl (C=O) groups excluding carboxylic acids is 1. The topological polar surface area (TPSA) is 75.7 Å². The Hall–Kier alpha value is -1.70. The number of nitrogens with zero attached hydrogens (tertiary/aromatic N) is 1. The number of hydrogen-bond acceptors (Lipinski definition) is 4. The van der Waals surface area contributed by atoms with Gasteiger partial charge in [0, 0.05) is 18.8 Å². The monoisotopic (exact) mass is 380 g/mol. The average Bonchev–Trinajstić information content (AvgIpc) is 2.92. The van der Waals surface area contributed by atoms with Gasteiger partial charge in [-0.05, 0) is 44.4 Å². The fraction of sp³-hybridized carbons (Fsp3) is 0.526. The first-order valence-electron chi connectivity index (χ1n) is 9.08. The van der Waals surface area contributed by atoms with E-state index in [0.717, 1.165) is 25.7 Å². The van der Waals surface area contributed by atoms with Gasteiger partial charge in [-0.15, -0.1) is 6.58 Å². The van der Waals surface area contributed by atoms with Gasteiger partial charge in [0.1, 0.15) is 6.10 Å². The Morgan fingerprint density at radius 3 is 2.65 bits per heavy atom. The maximum Gasteiger partial charge on any atom is 0.253 e. The number of ether oxygens (including phenoxy) is 1. The molecule has 1 unspecified atom stereocenters. The Morgan fingerprint density at radius 2 is 2.00 bits per heavy atom. The quantitative estimate of drug-likeness (QED) is 0.555. The molecule has 1 saturated heterocycles. The number of sulfonamides is 1. The molecule has 1 atom stereocenters. The lowest BCUT2D eigenvalue weighted by atomic mass is 10.2. The molecule has 1 aromatic carbocycles. The first-order valence-corrected chi connectivity index (χ1v) is 10.5. The minimum Gasteiger partial charge on any atom is -0.368 e. The molecule has 1 aliphatic rings. The minimum atomic E-state index is -3.54. The summed E-state index contributed by atoms with van der Waals surface area (Å²) < 4.78 is 32.7. The highest BCUT2D eigenvalue weighted by molar-refractivity contribution is 7.89. The summed E-state index contributed by atoms with van der Waals surface area (Å²) in [6.07, 6.45) is 5.66. The maximum absolute atomic E-state index is 12.9. The molecule has 0 saturated carbocycles. The molecule has 6 nitrogen and oxygen atoms in total. The molecule has 0 aliphatic carbocycles. The van der Waals surface area contributed by atoms with E-state index in [1.165, 1.54) is 6.07 Å². The van der Waals surface area contributed by atoms with E-state index in [1.807, 2.05) is 0 Å². The molecule has 1 aromatic rings. The molecule has 0 radical (unpaired) electrons. The van der Waals surface area contributed by atoms with E-state index in [4.69, 9.17) is 4.74 Å². The van der Waals surface area contributed by atoms with Crippen molar-refractivity contribution >= 4 is 21.6 Å². The zero-order valence-corrected chi connectivity index (χ0v) is 16.1. The Morgan fingerprint density at radius 1 is 1.31 bits per heavy atom. The second kappa shape index (κ2) is 9.85. The van der Waals surface area contributed by atoms with Crippen LogP contribution in [0.25, 0.3) is 0 Å². The van der Waals surface area contributed by atoms with Crippen LogP contribution in [0.15, 0.2) is 41.8 Å². The minimum absolute atomic E-state index is 0.206. The van der Waals surface area contributed by atoms with Crippen molar-refractivity contribution in [2.45, 2.75) is 50.0 Å². The van der Waals surface area contributed by atoms with Crippen LogP contribution in [-0.4, -0.2) is 44.4 Å². The molecule has 1 heterocycles. The van der Waals surface area contributed by atoms with Crippen LogP contribution >= 0.6 is 0 Å². The third kappa shape index (κ3) is 5.65. The van der Waals surface area contributed by atoms with Gasteiger partial charge in [-0.3, -0.25) is 4.79 Å². The number of carbonyl (C=O) groups is 1. The van der Waals surface area contributed by atoms with Gasteiger partial charge in [-0.25, -0.2) is 8.42 Å². The molecule has 144 valence electrons. The maximum atomic E-state index is 12.9. The lowest BCUT2D eigenvalue weighted by molar-refractivity contribution is -0.126. The largest absolute Gasteiger partial charge is 0.368 e. The Labute approximate surface area is 156 Å². The van der Waals surface area contributed by atoms with Crippen LogP contribution in [0.3, 0.4) is 0 Å². The molecule has 1 fully saturated rings. The van der Waals surface area contributed by atoms with Gasteiger partial charge in [0.25, 0.3) is 5.91 Å². The summed E-state index contributed by atoms with van der Waals surface area (Å²) in [7, 11) is -3.54. The van der Waals surface area contributed by atoms with E-state index in [9.17, 15) is 13.2 Å². The summed E-state index contributed by atoms with van der Waals surface area (Å²) in [5, 5.41) is 2.72. The molecule has 7 heteroatoms. The lowest BCUT2D eigenvalue weighted by Crippen LogP contribution is -2.32. The molecule has 1 N–H and O–H groups in total. The van der Waals surface area contributed by atoms with E-state index in [-0.39, 0.29) is 10.8 Å². The summed E-state index contributed by atoms with van der Waals surface area (Å²) in [5.41, 5.74) is 0.449. The number of anilines is 1. The highest BCUT2D eigenvalue weighted by Crippen LogP contribution is 2.22. The molecule has 0 aromatic heterocycles. The van der Waals surface area contributed by atoms with E-state index in [1.54, 1.807) is 35.5 Å². The van der Waals surface area contributed by atoms with Gasteiger partial charge in [0.15, 0.2) is 0 Å². The third-order valence-electron chi connectivity index (χ3n) is 4.36. The fourth-order valence-electron chi connectivity index (χ4n) is 2.81. The number of rotatable bonds is 8. The summed E-state index contributed by atoms with van der Waals surface area (Å²) in [6.45, 7) is 6.78. The van der Waals surface area contributed by atoms with E-state index in [0.29, 0.717) is 31.8 Å². The zero-order valence-electron chi connectivity index (χ0n) is 15.3. The van der Waals surface area contributed by atoms with E-state index in [2.05, 4.69) is 11.9 Å². The Balaban J connectivity index is 2.06. The predicted molar refractivity (Wildman–Crippen MR) is 103 cm³/mol. The van der Waals surface area contributed by atoms with Crippen LogP contribution in [0, 0.1) is 0 Å². The first kappa shape index (κ1) is 20.6. The molecule has 1 amide bonds. The normalized spacial score (nSPS) is 17.3. The number of nitrogens with one attached hydrogen (secondary N) is 1. The van der Waals surface area contributed by atoms with Crippen LogP contribution in [0.4, 0.5) is 5.69 Å². The van der Waals surface area contributed by atoms with Gasteiger partial charge in [0.2, 0.25) is 10.0 Å². The number of benzene rings is 1. The number of hydrogen-bond donors (Lipinski definition) is 1. The van der Waals surface area contributed by atoms with Crippen molar-refractivity contribution in [2.75, 3.05) is 25.0 Å². The summed E-state index contributed by atoms with van der Waals surface area (Å²) in [5.74, 6) is -0.307. The van der Waals surface area contributed by atoms with Crippen LogP contribution in [0.5, 0.6) is 0 Å². The highest BCUT2D eigenvalue weighted by Gasteiger charge is 2.25. The Bertz CT molecular complexity index is 710. The fourth-order valence-corrected chi connectivity index (χ4v) is 4.38. The van der Waals surface area contributed by atoms with Crippen LogP contribution < -0.4 is 5.32 Å². The summed E-state index contributed by atoms with van der Waals surface area (Å²) in [4.78, 5) is 12.4. The molecular formula is C19H28N2O4S. The molecule has 0 spiro atoms. The summed E-state index contributed by atoms with van der Waals surface area (Å²) >= 11 is 0. The van der Waals surface area contributed by atoms with Crippen LogP contribution in [0.1, 0.15) is 39.0 Å². The molecule has 0 bridgehead atoms. The van der Waals surface area contributed by atoms with Gasteiger partial charge in [-0.1, -0.05) is 25.0 Å².